The van der Waals surface area contributed by atoms with Gasteiger partial charge in [0.2, 0.25) is 0 Å². The molecule has 9 heteroatoms. The van der Waals surface area contributed by atoms with Crippen LogP contribution in [0.25, 0.3) is 0 Å². The van der Waals surface area contributed by atoms with Crippen LogP contribution in [0.5, 0.6) is 0 Å². The highest BCUT2D eigenvalue weighted by Gasteiger charge is 2.35. The molecule has 3 aromatic rings. The van der Waals surface area contributed by atoms with E-state index in [4.69, 9.17) is 4.52 Å². The zero-order chi connectivity index (χ0) is 20.2. The number of carbonyl (C=O) groups excluding carboxylic acids is 2. The van der Waals surface area contributed by atoms with Gasteiger partial charge in [-0.1, -0.05) is 5.16 Å². The van der Waals surface area contributed by atoms with E-state index in [2.05, 4.69) is 20.1 Å². The minimum atomic E-state index is -0.544. The molecule has 3 aromatic heterocycles. The summed E-state index contributed by atoms with van der Waals surface area (Å²) in [6.45, 7) is 2.95. The number of hydrogen-bond donors (Lipinski definition) is 0. The van der Waals surface area contributed by atoms with Crippen LogP contribution in [0.15, 0.2) is 53.6 Å². The number of aromatic nitrogens is 4. The Hall–Kier alpha value is -3.62. The molecule has 2 amide bonds. The molecule has 0 radical (unpaired) electrons. The van der Waals surface area contributed by atoms with Gasteiger partial charge in [-0.2, -0.15) is 4.98 Å². The third-order valence-corrected chi connectivity index (χ3v) is 4.81. The first-order chi connectivity index (χ1) is 14.1. The van der Waals surface area contributed by atoms with Gasteiger partial charge in [0.05, 0.1) is 12.1 Å². The molecule has 148 valence electrons. The van der Waals surface area contributed by atoms with Crippen LogP contribution in [0, 0.1) is 6.92 Å². The van der Waals surface area contributed by atoms with Crippen LogP contribution in [-0.2, 0) is 0 Å². The van der Waals surface area contributed by atoms with Crippen molar-refractivity contribution in [3.63, 3.8) is 0 Å². The summed E-state index contributed by atoms with van der Waals surface area (Å²) in [7, 11) is 0. The zero-order valence-corrected chi connectivity index (χ0v) is 15.9. The fraction of sp³-hybridized carbons (Fsp3) is 0.300. The quantitative estimate of drug-likeness (QED) is 0.670. The molecule has 0 saturated carbocycles. The van der Waals surface area contributed by atoms with Gasteiger partial charge in [0.25, 0.3) is 17.7 Å². The fourth-order valence-corrected chi connectivity index (χ4v) is 3.41. The van der Waals surface area contributed by atoms with E-state index in [1.54, 1.807) is 59.6 Å². The minimum absolute atomic E-state index is 0.121. The lowest BCUT2D eigenvalue weighted by molar-refractivity contribution is 0.0592. The molecule has 1 atom stereocenters. The first kappa shape index (κ1) is 18.7. The van der Waals surface area contributed by atoms with Gasteiger partial charge in [-0.3, -0.25) is 19.6 Å². The highest BCUT2D eigenvalue weighted by molar-refractivity contribution is 5.95. The van der Waals surface area contributed by atoms with Gasteiger partial charge in [0.15, 0.2) is 5.82 Å². The van der Waals surface area contributed by atoms with Crippen LogP contribution >= 0.6 is 0 Å². The van der Waals surface area contributed by atoms with E-state index in [0.29, 0.717) is 42.4 Å². The first-order valence-corrected chi connectivity index (χ1v) is 9.34. The summed E-state index contributed by atoms with van der Waals surface area (Å²) in [6, 6.07) is 6.25. The summed E-state index contributed by atoms with van der Waals surface area (Å²) in [5, 5.41) is 3.87. The van der Waals surface area contributed by atoms with Crippen molar-refractivity contribution >= 4 is 11.8 Å². The van der Waals surface area contributed by atoms with Gasteiger partial charge in [-0.25, -0.2) is 0 Å². The minimum Gasteiger partial charge on any atom is -0.337 e. The van der Waals surface area contributed by atoms with E-state index in [9.17, 15) is 9.59 Å². The standard InChI is InChI=1S/C20H20N6O3/c1-14-23-18(29-24-14)17-13-25(19(27)15-5-8-21-9-6-15)10-3-11-26(17)20(28)16-4-2-7-22-12-16/h2,4-9,12,17H,3,10-11,13H2,1H3. The average Bonchev–Trinajstić information content (AvgIpc) is 3.07. The highest BCUT2D eigenvalue weighted by atomic mass is 16.5. The van der Waals surface area contributed by atoms with Crippen LogP contribution in [0.1, 0.15) is 44.9 Å². The van der Waals surface area contributed by atoms with Crippen molar-refractivity contribution < 1.29 is 14.1 Å². The first-order valence-electron chi connectivity index (χ1n) is 9.34. The second-order valence-corrected chi connectivity index (χ2v) is 6.78. The Morgan fingerprint density at radius 1 is 1.03 bits per heavy atom. The van der Waals surface area contributed by atoms with Crippen LogP contribution in [0.4, 0.5) is 0 Å². The fourth-order valence-electron chi connectivity index (χ4n) is 3.41. The van der Waals surface area contributed by atoms with Gasteiger partial charge in [0.1, 0.15) is 6.04 Å². The van der Waals surface area contributed by atoms with Crippen molar-refractivity contribution in [2.75, 3.05) is 19.6 Å². The SMILES string of the molecule is Cc1noc(C2CN(C(=O)c3ccncc3)CCCN2C(=O)c2cccnc2)n1. The Kier molecular flexibility index (Phi) is 5.28. The third-order valence-electron chi connectivity index (χ3n) is 4.81. The maximum absolute atomic E-state index is 13.2. The molecule has 1 aliphatic heterocycles. The summed E-state index contributed by atoms with van der Waals surface area (Å²) in [5.41, 5.74) is 1.02. The normalized spacial score (nSPS) is 17.1. The molecule has 1 aliphatic rings. The largest absolute Gasteiger partial charge is 0.337 e. The molecule has 9 nitrogen and oxygen atoms in total. The maximum atomic E-state index is 13.2. The van der Waals surface area contributed by atoms with E-state index in [-0.39, 0.29) is 18.4 Å². The molecule has 4 rings (SSSR count). The zero-order valence-electron chi connectivity index (χ0n) is 15.9. The van der Waals surface area contributed by atoms with Crippen LogP contribution in [0.2, 0.25) is 0 Å². The van der Waals surface area contributed by atoms with E-state index >= 15 is 0 Å². The van der Waals surface area contributed by atoms with Crippen molar-refractivity contribution in [2.24, 2.45) is 0 Å². The molecule has 0 aliphatic carbocycles. The summed E-state index contributed by atoms with van der Waals surface area (Å²) in [6.07, 6.45) is 6.95. The molecule has 0 N–H and O–H groups in total. The number of carbonyl (C=O) groups is 2. The molecule has 0 aromatic carbocycles. The monoisotopic (exact) mass is 392 g/mol. The highest BCUT2D eigenvalue weighted by Crippen LogP contribution is 2.26. The number of aryl methyl sites for hydroxylation is 1. The van der Waals surface area contributed by atoms with E-state index in [0.717, 1.165) is 0 Å². The smallest absolute Gasteiger partial charge is 0.256 e. The Balaban J connectivity index is 1.66. The lowest BCUT2D eigenvalue weighted by Crippen LogP contribution is -2.40. The van der Waals surface area contributed by atoms with Crippen molar-refractivity contribution in [3.8, 4) is 0 Å². The molecule has 1 saturated heterocycles. The Bertz CT molecular complexity index is 992. The number of nitrogens with zero attached hydrogens (tertiary/aromatic N) is 6. The van der Waals surface area contributed by atoms with Crippen molar-refractivity contribution in [2.45, 2.75) is 19.4 Å². The topological polar surface area (TPSA) is 105 Å². The van der Waals surface area contributed by atoms with Crippen LogP contribution in [-0.4, -0.2) is 61.4 Å². The number of pyridine rings is 2. The summed E-state index contributed by atoms with van der Waals surface area (Å²) < 4.78 is 5.39. The predicted molar refractivity (Wildman–Crippen MR) is 102 cm³/mol. The van der Waals surface area contributed by atoms with Gasteiger partial charge in [-0.05, 0) is 37.6 Å². The Morgan fingerprint density at radius 3 is 2.55 bits per heavy atom. The van der Waals surface area contributed by atoms with Gasteiger partial charge < -0.3 is 14.3 Å². The number of hydrogen-bond acceptors (Lipinski definition) is 7. The molecule has 4 heterocycles. The van der Waals surface area contributed by atoms with Gasteiger partial charge >= 0.3 is 0 Å². The summed E-state index contributed by atoms with van der Waals surface area (Å²) in [5.74, 6) is 0.487. The van der Waals surface area contributed by atoms with Gasteiger partial charge in [-0.15, -0.1) is 0 Å². The molecule has 1 unspecified atom stereocenters. The number of rotatable bonds is 3. The van der Waals surface area contributed by atoms with Crippen molar-refractivity contribution in [1.82, 2.24) is 29.9 Å². The Morgan fingerprint density at radius 2 is 1.86 bits per heavy atom. The summed E-state index contributed by atoms with van der Waals surface area (Å²) >= 11 is 0. The summed E-state index contributed by atoms with van der Waals surface area (Å²) in [4.78, 5) is 41.9. The van der Waals surface area contributed by atoms with Crippen LogP contribution < -0.4 is 0 Å². The molecular weight excluding hydrogens is 372 g/mol. The molecule has 0 bridgehead atoms. The predicted octanol–water partition coefficient (Wildman–Crippen LogP) is 1.90. The number of amides is 2. The van der Waals surface area contributed by atoms with E-state index in [1.165, 1.54) is 6.20 Å². The molecule has 0 spiro atoms. The van der Waals surface area contributed by atoms with Crippen LogP contribution in [0.3, 0.4) is 0 Å². The molecular formula is C20H20N6O3. The maximum Gasteiger partial charge on any atom is 0.256 e. The third kappa shape index (κ3) is 3.98. The lowest BCUT2D eigenvalue weighted by Gasteiger charge is -2.29. The van der Waals surface area contributed by atoms with Gasteiger partial charge in [0, 0.05) is 43.4 Å². The average molecular weight is 392 g/mol. The molecule has 1 fully saturated rings. The van der Waals surface area contributed by atoms with Crippen molar-refractivity contribution in [1.29, 1.82) is 0 Å². The van der Waals surface area contributed by atoms with E-state index in [1.807, 2.05) is 0 Å². The van der Waals surface area contributed by atoms with Crippen molar-refractivity contribution in [3.05, 3.63) is 71.9 Å². The molecule has 29 heavy (non-hydrogen) atoms. The second-order valence-electron chi connectivity index (χ2n) is 6.78. The van der Waals surface area contributed by atoms with E-state index < -0.39 is 6.04 Å². The second kappa shape index (κ2) is 8.17. The lowest BCUT2D eigenvalue weighted by atomic mass is 10.1. The Labute approximate surface area is 167 Å².